The Hall–Kier alpha value is -0.960. The second-order valence-electron chi connectivity index (χ2n) is 5.38. The van der Waals surface area contributed by atoms with Crippen molar-refractivity contribution < 1.29 is 18.0 Å². The van der Waals surface area contributed by atoms with Crippen LogP contribution in [0, 0.1) is 0 Å². The number of carbonyl (C=O) groups is 1. The normalized spacial score (nSPS) is 16.6. The Labute approximate surface area is 161 Å². The van der Waals surface area contributed by atoms with Crippen LogP contribution < -0.4 is 10.6 Å². The lowest BCUT2D eigenvalue weighted by atomic mass is 10.2. The largest absolute Gasteiger partial charge is 0.417 e. The Balaban J connectivity index is 0.00000288. The van der Waals surface area contributed by atoms with Gasteiger partial charge in [0.05, 0.1) is 10.6 Å². The molecular weight excluding hydrogens is 404 g/mol. The van der Waals surface area contributed by atoms with Crippen LogP contribution in [0.4, 0.5) is 19.0 Å². The highest BCUT2D eigenvalue weighted by atomic mass is 35.5. The van der Waals surface area contributed by atoms with E-state index in [-0.39, 0.29) is 60.6 Å². The molecule has 1 aromatic heterocycles. The lowest BCUT2D eigenvalue weighted by Gasteiger charge is -2.23. The number of halogens is 6. The van der Waals surface area contributed by atoms with Gasteiger partial charge in [-0.2, -0.15) is 13.2 Å². The molecule has 1 fully saturated rings. The Morgan fingerprint density at radius 3 is 2.68 bits per heavy atom. The van der Waals surface area contributed by atoms with Crippen molar-refractivity contribution in [2.45, 2.75) is 25.1 Å². The van der Waals surface area contributed by atoms with Crippen molar-refractivity contribution in [3.8, 4) is 0 Å². The minimum atomic E-state index is -4.48. The lowest BCUT2D eigenvalue weighted by Crippen LogP contribution is -2.39. The molecular formula is C14H20Cl3F3N4O. The predicted octanol–water partition coefficient (Wildman–Crippen LogP) is 3.22. The van der Waals surface area contributed by atoms with Crippen LogP contribution in [0.3, 0.4) is 0 Å². The second kappa shape index (κ2) is 10.3. The highest BCUT2D eigenvalue weighted by molar-refractivity contribution is 6.32. The number of carbonyl (C=O) groups excluding carboxylic acids is 1. The average molecular weight is 424 g/mol. The Kier molecular flexibility index (Phi) is 9.86. The third-order valence-electron chi connectivity index (χ3n) is 3.78. The number of hydrogen-bond donors (Lipinski definition) is 2. The molecule has 1 unspecified atom stereocenters. The number of anilines is 1. The van der Waals surface area contributed by atoms with E-state index in [0.717, 1.165) is 25.6 Å². The van der Waals surface area contributed by atoms with E-state index < -0.39 is 11.7 Å². The number of alkyl halides is 3. The van der Waals surface area contributed by atoms with E-state index in [1.807, 2.05) is 0 Å². The molecule has 0 aliphatic carbocycles. The second-order valence-corrected chi connectivity index (χ2v) is 5.79. The maximum atomic E-state index is 12.5. The molecule has 0 radical (unpaired) electrons. The van der Waals surface area contributed by atoms with Crippen LogP contribution in [0.1, 0.15) is 18.4 Å². The van der Waals surface area contributed by atoms with E-state index in [9.17, 15) is 18.0 Å². The number of aromatic nitrogens is 1. The minimum absolute atomic E-state index is 0. The summed E-state index contributed by atoms with van der Waals surface area (Å²) in [4.78, 5) is 17.4. The first-order valence-corrected chi connectivity index (χ1v) is 7.60. The standard InChI is InChI=1S/C14H18ClF3N4O.2ClH/c1-22(10-2-4-19-8-10)12(23)3-5-20-13-11(15)6-9(7-21-13)14(16,17)18;;/h6-7,10,19H,2-5,8H2,1H3,(H,20,21);2*1H. The monoisotopic (exact) mass is 422 g/mol. The summed E-state index contributed by atoms with van der Waals surface area (Å²) in [6.45, 7) is 1.93. The van der Waals surface area contributed by atoms with E-state index in [2.05, 4.69) is 15.6 Å². The average Bonchev–Trinajstić information content (AvgIpc) is 3.01. The Morgan fingerprint density at radius 1 is 1.48 bits per heavy atom. The van der Waals surface area contributed by atoms with E-state index in [1.54, 1.807) is 11.9 Å². The van der Waals surface area contributed by atoms with Crippen LogP contribution in [-0.4, -0.2) is 48.5 Å². The van der Waals surface area contributed by atoms with Crippen LogP contribution in [0.15, 0.2) is 12.3 Å². The zero-order valence-electron chi connectivity index (χ0n) is 13.4. The smallest absolute Gasteiger partial charge is 0.368 e. The van der Waals surface area contributed by atoms with Gasteiger partial charge in [-0.25, -0.2) is 4.98 Å². The molecule has 5 nitrogen and oxygen atoms in total. The van der Waals surface area contributed by atoms with Crippen molar-refractivity contribution in [2.75, 3.05) is 32.0 Å². The van der Waals surface area contributed by atoms with Gasteiger partial charge in [0.25, 0.3) is 0 Å². The fourth-order valence-electron chi connectivity index (χ4n) is 2.36. The van der Waals surface area contributed by atoms with Crippen molar-refractivity contribution in [1.82, 2.24) is 15.2 Å². The van der Waals surface area contributed by atoms with Gasteiger partial charge in [0, 0.05) is 38.8 Å². The van der Waals surface area contributed by atoms with E-state index >= 15 is 0 Å². The molecule has 1 atom stereocenters. The first-order valence-electron chi connectivity index (χ1n) is 7.22. The van der Waals surface area contributed by atoms with Gasteiger partial charge >= 0.3 is 6.18 Å². The van der Waals surface area contributed by atoms with Gasteiger partial charge in [0.1, 0.15) is 5.82 Å². The highest BCUT2D eigenvalue weighted by Gasteiger charge is 2.31. The zero-order valence-corrected chi connectivity index (χ0v) is 15.8. The number of hydrogen-bond acceptors (Lipinski definition) is 4. The summed E-state index contributed by atoms with van der Waals surface area (Å²) in [7, 11) is 1.75. The van der Waals surface area contributed by atoms with Crippen LogP contribution in [0.2, 0.25) is 5.02 Å². The molecule has 11 heteroatoms. The molecule has 2 rings (SSSR count). The number of nitrogens with one attached hydrogen (secondary N) is 2. The number of rotatable bonds is 5. The molecule has 1 saturated heterocycles. The van der Waals surface area contributed by atoms with Crippen molar-refractivity contribution in [1.29, 1.82) is 0 Å². The number of nitrogens with zero attached hydrogens (tertiary/aromatic N) is 2. The van der Waals surface area contributed by atoms with Gasteiger partial charge in [-0.3, -0.25) is 4.79 Å². The molecule has 144 valence electrons. The summed E-state index contributed by atoms with van der Waals surface area (Å²) in [5.74, 6) is 0.104. The van der Waals surface area contributed by atoms with Gasteiger partial charge in [0.2, 0.25) is 5.91 Å². The molecule has 1 aromatic rings. The molecule has 0 spiro atoms. The summed E-state index contributed by atoms with van der Waals surface area (Å²) in [5, 5.41) is 5.86. The number of likely N-dealkylation sites (N-methyl/N-ethyl adjacent to an activating group) is 1. The third-order valence-corrected chi connectivity index (χ3v) is 4.06. The van der Waals surface area contributed by atoms with Crippen molar-refractivity contribution in [3.05, 3.63) is 22.8 Å². The van der Waals surface area contributed by atoms with Crippen LogP contribution in [0.25, 0.3) is 0 Å². The van der Waals surface area contributed by atoms with Crippen LogP contribution in [-0.2, 0) is 11.0 Å². The van der Waals surface area contributed by atoms with Crippen molar-refractivity contribution in [3.63, 3.8) is 0 Å². The first kappa shape index (κ1) is 24.0. The zero-order chi connectivity index (χ0) is 17.0. The molecule has 2 heterocycles. The summed E-state index contributed by atoms with van der Waals surface area (Å²) < 4.78 is 37.6. The van der Waals surface area contributed by atoms with Crippen molar-refractivity contribution >= 4 is 48.1 Å². The van der Waals surface area contributed by atoms with Crippen molar-refractivity contribution in [2.24, 2.45) is 0 Å². The molecule has 25 heavy (non-hydrogen) atoms. The highest BCUT2D eigenvalue weighted by Crippen LogP contribution is 2.32. The summed E-state index contributed by atoms with van der Waals surface area (Å²) in [6.07, 6.45) is -2.64. The lowest BCUT2D eigenvalue weighted by molar-refractivity contribution is -0.137. The molecule has 1 aliphatic rings. The van der Waals surface area contributed by atoms with E-state index in [0.29, 0.717) is 6.20 Å². The minimum Gasteiger partial charge on any atom is -0.368 e. The summed E-state index contributed by atoms with van der Waals surface area (Å²) in [6, 6.07) is 1.00. The van der Waals surface area contributed by atoms with Gasteiger partial charge in [-0.15, -0.1) is 24.8 Å². The van der Waals surface area contributed by atoms with E-state index in [4.69, 9.17) is 11.6 Å². The topological polar surface area (TPSA) is 57.3 Å². The molecule has 0 bridgehead atoms. The van der Waals surface area contributed by atoms with Crippen LogP contribution >= 0.6 is 36.4 Å². The quantitative estimate of drug-likeness (QED) is 0.763. The van der Waals surface area contributed by atoms with Crippen LogP contribution in [0.5, 0.6) is 0 Å². The first-order chi connectivity index (χ1) is 10.8. The molecule has 0 saturated carbocycles. The molecule has 1 amide bonds. The van der Waals surface area contributed by atoms with E-state index in [1.165, 1.54) is 0 Å². The predicted molar refractivity (Wildman–Crippen MR) is 95.9 cm³/mol. The number of pyridine rings is 1. The Morgan fingerprint density at radius 2 is 2.16 bits per heavy atom. The summed E-state index contributed by atoms with van der Waals surface area (Å²) >= 11 is 5.79. The van der Waals surface area contributed by atoms with Gasteiger partial charge in [-0.1, -0.05) is 11.6 Å². The Bertz CT molecular complexity index is 569. The maximum Gasteiger partial charge on any atom is 0.417 e. The third kappa shape index (κ3) is 6.69. The fourth-order valence-corrected chi connectivity index (χ4v) is 2.59. The SMILES string of the molecule is CN(C(=O)CCNc1ncc(C(F)(F)F)cc1Cl)C1CCNC1.Cl.Cl. The van der Waals surface area contributed by atoms with Gasteiger partial charge in [0.15, 0.2) is 0 Å². The molecule has 1 aliphatic heterocycles. The molecule has 0 aromatic carbocycles. The maximum absolute atomic E-state index is 12.5. The summed E-state index contributed by atoms with van der Waals surface area (Å²) in [5.41, 5.74) is -0.905. The molecule has 2 N–H and O–H groups in total. The van der Waals surface area contributed by atoms with Gasteiger partial charge < -0.3 is 15.5 Å². The van der Waals surface area contributed by atoms with Gasteiger partial charge in [-0.05, 0) is 19.0 Å². The number of amides is 1. The fraction of sp³-hybridized carbons (Fsp3) is 0.571.